The molecule has 0 N–H and O–H groups in total. The predicted octanol–water partition coefficient (Wildman–Crippen LogP) is 4.98. The van der Waals surface area contributed by atoms with Crippen molar-refractivity contribution in [3.05, 3.63) is 102 Å². The Hall–Kier alpha value is -3.99. The molecule has 0 atom stereocenters. The maximum absolute atomic E-state index is 5.12. The summed E-state index contributed by atoms with van der Waals surface area (Å²) in [5, 5.41) is 9.94. The summed E-state index contributed by atoms with van der Waals surface area (Å²) in [7, 11) is 0. The van der Waals surface area contributed by atoms with Gasteiger partial charge in [0.05, 0.1) is 34.2 Å². The van der Waals surface area contributed by atoms with E-state index in [1.54, 1.807) is 0 Å². The molecule has 5 heteroatoms. The van der Waals surface area contributed by atoms with Gasteiger partial charge in [-0.25, -0.2) is 9.36 Å². The third kappa shape index (κ3) is 2.67. The highest BCUT2D eigenvalue weighted by Crippen LogP contribution is 2.39. The number of nitrogens with zero attached hydrogens (tertiary/aromatic N) is 5. The lowest BCUT2D eigenvalue weighted by Crippen LogP contribution is -2.12. The number of pyridine rings is 1. The summed E-state index contributed by atoms with van der Waals surface area (Å²) in [4.78, 5) is 5.12. The van der Waals surface area contributed by atoms with Crippen LogP contribution in [0.5, 0.6) is 0 Å². The number of hydrogen-bond donors (Lipinski definition) is 0. The van der Waals surface area contributed by atoms with E-state index >= 15 is 0 Å². The molecule has 5 aromatic rings. The van der Waals surface area contributed by atoms with Crippen LogP contribution in [-0.2, 0) is 25.7 Å². The first-order valence-electron chi connectivity index (χ1n) is 11.1. The van der Waals surface area contributed by atoms with Crippen molar-refractivity contribution < 1.29 is 0 Å². The Morgan fingerprint density at radius 1 is 0.562 bits per heavy atom. The van der Waals surface area contributed by atoms with E-state index in [0.29, 0.717) is 0 Å². The van der Waals surface area contributed by atoms with Crippen molar-refractivity contribution in [1.82, 2.24) is 24.5 Å². The Morgan fingerprint density at radius 2 is 1.03 bits per heavy atom. The standard InChI is InChI=1S/C27H21N5/c1-3-7-20(8-4-1)31-16-18-11-13-24-22(26(18)29-31)15-23-25(28-24)14-12-19-17-32(30-27(19)23)21-9-5-2-6-10-21/h1-10,15-17H,11-14H2. The summed E-state index contributed by atoms with van der Waals surface area (Å²) in [5.74, 6) is 0. The third-order valence-corrected chi connectivity index (χ3v) is 6.57. The van der Waals surface area contributed by atoms with Gasteiger partial charge >= 0.3 is 0 Å². The van der Waals surface area contributed by atoms with Crippen LogP contribution in [0.15, 0.2) is 79.1 Å². The highest BCUT2D eigenvalue weighted by atomic mass is 15.3. The molecule has 2 aliphatic carbocycles. The van der Waals surface area contributed by atoms with Gasteiger partial charge in [-0.3, -0.25) is 4.98 Å². The van der Waals surface area contributed by atoms with Crippen molar-refractivity contribution in [3.8, 4) is 33.9 Å². The molecular weight excluding hydrogens is 394 g/mol. The van der Waals surface area contributed by atoms with Crippen LogP contribution in [0.4, 0.5) is 0 Å². The lowest BCUT2D eigenvalue weighted by atomic mass is 9.88. The quantitative estimate of drug-likeness (QED) is 0.408. The van der Waals surface area contributed by atoms with Crippen LogP contribution in [0, 0.1) is 0 Å². The number of para-hydroxylation sites is 2. The summed E-state index contributed by atoms with van der Waals surface area (Å²) < 4.78 is 3.99. The number of fused-ring (bicyclic) bond motifs is 6. The van der Waals surface area contributed by atoms with Crippen LogP contribution in [0.3, 0.4) is 0 Å². The zero-order valence-corrected chi connectivity index (χ0v) is 17.6. The minimum Gasteiger partial charge on any atom is -0.256 e. The Bertz CT molecular complexity index is 1350. The second kappa shape index (κ2) is 6.76. The number of benzene rings is 2. The molecule has 3 heterocycles. The van der Waals surface area contributed by atoms with Crippen molar-refractivity contribution in [2.24, 2.45) is 0 Å². The molecule has 0 bridgehead atoms. The van der Waals surface area contributed by atoms with Crippen molar-refractivity contribution in [2.45, 2.75) is 25.7 Å². The summed E-state index contributed by atoms with van der Waals surface area (Å²) in [6, 6.07) is 22.9. The number of aryl methyl sites for hydroxylation is 4. The highest BCUT2D eigenvalue weighted by Gasteiger charge is 2.27. The lowest BCUT2D eigenvalue weighted by molar-refractivity contribution is 0.837. The first-order valence-corrected chi connectivity index (χ1v) is 11.1. The first kappa shape index (κ1) is 17.7. The fourth-order valence-corrected chi connectivity index (χ4v) is 4.96. The summed E-state index contributed by atoms with van der Waals surface area (Å²) in [5.41, 5.74) is 11.5. The maximum Gasteiger partial charge on any atom is 0.0978 e. The van der Waals surface area contributed by atoms with Gasteiger partial charge in [-0.2, -0.15) is 10.2 Å². The monoisotopic (exact) mass is 415 g/mol. The van der Waals surface area contributed by atoms with Crippen LogP contribution in [0.2, 0.25) is 0 Å². The first-order chi connectivity index (χ1) is 15.8. The van der Waals surface area contributed by atoms with E-state index in [2.05, 4.69) is 42.7 Å². The lowest BCUT2D eigenvalue weighted by Gasteiger charge is -2.20. The van der Waals surface area contributed by atoms with E-state index in [4.69, 9.17) is 15.2 Å². The maximum atomic E-state index is 5.12. The molecule has 2 aliphatic rings. The van der Waals surface area contributed by atoms with Crippen LogP contribution < -0.4 is 0 Å². The van der Waals surface area contributed by atoms with Crippen LogP contribution >= 0.6 is 0 Å². The van der Waals surface area contributed by atoms with Gasteiger partial charge in [-0.05, 0) is 67.1 Å². The average Bonchev–Trinajstić information content (AvgIpc) is 3.49. The molecule has 0 unspecified atom stereocenters. The molecule has 0 saturated carbocycles. The zero-order valence-electron chi connectivity index (χ0n) is 17.6. The minimum atomic E-state index is 0.960. The van der Waals surface area contributed by atoms with Crippen LogP contribution in [-0.4, -0.2) is 24.5 Å². The molecule has 0 radical (unpaired) electrons. The fourth-order valence-electron chi connectivity index (χ4n) is 4.96. The topological polar surface area (TPSA) is 48.5 Å². The van der Waals surface area contributed by atoms with Gasteiger partial charge in [0.1, 0.15) is 0 Å². The van der Waals surface area contributed by atoms with E-state index in [1.807, 2.05) is 45.8 Å². The Morgan fingerprint density at radius 3 is 1.50 bits per heavy atom. The molecule has 3 aromatic heterocycles. The van der Waals surface area contributed by atoms with Gasteiger partial charge in [0, 0.05) is 23.5 Å². The van der Waals surface area contributed by atoms with Crippen molar-refractivity contribution in [2.75, 3.05) is 0 Å². The molecule has 0 spiro atoms. The smallest absolute Gasteiger partial charge is 0.0978 e. The van der Waals surface area contributed by atoms with E-state index < -0.39 is 0 Å². The molecular formula is C27H21N5. The largest absolute Gasteiger partial charge is 0.256 e. The molecule has 2 aromatic carbocycles. The van der Waals surface area contributed by atoms with E-state index in [0.717, 1.165) is 59.6 Å². The molecule has 32 heavy (non-hydrogen) atoms. The Balaban J connectivity index is 1.36. The number of hydrogen-bond acceptors (Lipinski definition) is 3. The Labute approximate surface area is 186 Å². The van der Waals surface area contributed by atoms with Gasteiger partial charge < -0.3 is 0 Å². The van der Waals surface area contributed by atoms with Crippen LogP contribution in [0.1, 0.15) is 22.5 Å². The van der Waals surface area contributed by atoms with E-state index in [9.17, 15) is 0 Å². The normalized spacial score (nSPS) is 13.8. The predicted molar refractivity (Wildman–Crippen MR) is 124 cm³/mol. The third-order valence-electron chi connectivity index (χ3n) is 6.57. The van der Waals surface area contributed by atoms with Crippen LogP contribution in [0.25, 0.3) is 33.9 Å². The van der Waals surface area contributed by atoms with Gasteiger partial charge in [-0.15, -0.1) is 0 Å². The van der Waals surface area contributed by atoms with Crippen molar-refractivity contribution >= 4 is 0 Å². The van der Waals surface area contributed by atoms with E-state index in [1.165, 1.54) is 22.5 Å². The summed E-state index contributed by atoms with van der Waals surface area (Å²) >= 11 is 0. The molecule has 0 saturated heterocycles. The van der Waals surface area contributed by atoms with E-state index in [-0.39, 0.29) is 0 Å². The fraction of sp³-hybridized carbons (Fsp3) is 0.148. The molecule has 5 nitrogen and oxygen atoms in total. The SMILES string of the molecule is c1ccc(-n2cc3c(n2)-c2cc4c(nc2CC3)CCc2cn(-c3ccccc3)nc2-4)cc1. The second-order valence-corrected chi connectivity index (χ2v) is 8.54. The van der Waals surface area contributed by atoms with Crippen molar-refractivity contribution in [3.63, 3.8) is 0 Å². The molecule has 7 rings (SSSR count). The molecule has 0 fully saturated rings. The number of aromatic nitrogens is 5. The summed E-state index contributed by atoms with van der Waals surface area (Å²) in [6.07, 6.45) is 8.22. The molecule has 154 valence electrons. The summed E-state index contributed by atoms with van der Waals surface area (Å²) in [6.45, 7) is 0. The number of rotatable bonds is 2. The second-order valence-electron chi connectivity index (χ2n) is 8.54. The molecule has 0 aliphatic heterocycles. The van der Waals surface area contributed by atoms with Gasteiger partial charge in [0.15, 0.2) is 0 Å². The zero-order chi connectivity index (χ0) is 21.1. The average molecular weight is 416 g/mol. The molecule has 0 amide bonds. The van der Waals surface area contributed by atoms with Crippen molar-refractivity contribution in [1.29, 1.82) is 0 Å². The van der Waals surface area contributed by atoms with Gasteiger partial charge in [0.2, 0.25) is 0 Å². The van der Waals surface area contributed by atoms with Gasteiger partial charge in [0.25, 0.3) is 0 Å². The van der Waals surface area contributed by atoms with Gasteiger partial charge in [-0.1, -0.05) is 36.4 Å². The highest BCUT2D eigenvalue weighted by molar-refractivity contribution is 5.77. The minimum absolute atomic E-state index is 0.960. The Kier molecular flexibility index (Phi) is 3.73.